The van der Waals surface area contributed by atoms with E-state index in [1.54, 1.807) is 24.3 Å². The van der Waals surface area contributed by atoms with Crippen LogP contribution in [0.15, 0.2) is 24.3 Å². The van der Waals surface area contributed by atoms with Crippen LogP contribution in [0.3, 0.4) is 0 Å². The third-order valence-electron chi connectivity index (χ3n) is 3.39. The standard InChI is InChI=1S/C14H17ClN2O2/c1-10(17-8-6-13(18)7-9-17)14(19)16-12-4-2-11(15)3-5-12/h2-5,10H,6-9H2,1H3,(H,16,19). The van der Waals surface area contributed by atoms with E-state index in [1.165, 1.54) is 0 Å². The molecule has 1 saturated heterocycles. The molecule has 4 nitrogen and oxygen atoms in total. The highest BCUT2D eigenvalue weighted by molar-refractivity contribution is 6.30. The highest BCUT2D eigenvalue weighted by atomic mass is 35.5. The van der Waals surface area contributed by atoms with Gasteiger partial charge in [-0.2, -0.15) is 0 Å². The summed E-state index contributed by atoms with van der Waals surface area (Å²) in [6, 6.07) is 6.78. The van der Waals surface area contributed by atoms with Crippen molar-refractivity contribution in [3.05, 3.63) is 29.3 Å². The van der Waals surface area contributed by atoms with Gasteiger partial charge in [-0.25, -0.2) is 0 Å². The first kappa shape index (κ1) is 14.0. The molecule has 1 heterocycles. The molecule has 1 atom stereocenters. The normalized spacial score (nSPS) is 18.1. The minimum absolute atomic E-state index is 0.0586. The van der Waals surface area contributed by atoms with E-state index in [9.17, 15) is 9.59 Å². The topological polar surface area (TPSA) is 49.4 Å². The molecule has 1 unspecified atom stereocenters. The molecular formula is C14H17ClN2O2. The molecule has 1 fully saturated rings. The zero-order valence-electron chi connectivity index (χ0n) is 10.9. The summed E-state index contributed by atoms with van der Waals surface area (Å²) in [5, 5.41) is 3.49. The van der Waals surface area contributed by atoms with Crippen LogP contribution >= 0.6 is 11.6 Å². The van der Waals surface area contributed by atoms with Crippen LogP contribution in [0.2, 0.25) is 5.02 Å². The molecule has 0 spiro atoms. The number of rotatable bonds is 3. The maximum absolute atomic E-state index is 12.1. The fourth-order valence-corrected chi connectivity index (χ4v) is 2.23. The number of likely N-dealkylation sites (tertiary alicyclic amines) is 1. The molecule has 1 amide bonds. The van der Waals surface area contributed by atoms with E-state index >= 15 is 0 Å². The summed E-state index contributed by atoms with van der Waals surface area (Å²) in [5.74, 6) is 0.221. The number of halogens is 1. The lowest BCUT2D eigenvalue weighted by molar-refractivity contribution is -0.126. The van der Waals surface area contributed by atoms with Crippen molar-refractivity contribution in [1.82, 2.24) is 4.90 Å². The maximum Gasteiger partial charge on any atom is 0.241 e. The van der Waals surface area contributed by atoms with Crippen LogP contribution in [-0.2, 0) is 9.59 Å². The van der Waals surface area contributed by atoms with Crippen molar-refractivity contribution >= 4 is 29.0 Å². The minimum Gasteiger partial charge on any atom is -0.325 e. The number of anilines is 1. The van der Waals surface area contributed by atoms with Crippen LogP contribution < -0.4 is 5.32 Å². The van der Waals surface area contributed by atoms with E-state index in [-0.39, 0.29) is 17.7 Å². The van der Waals surface area contributed by atoms with E-state index in [1.807, 2.05) is 11.8 Å². The summed E-state index contributed by atoms with van der Waals surface area (Å²) in [5.41, 5.74) is 0.731. The average molecular weight is 281 g/mol. The molecular weight excluding hydrogens is 264 g/mol. The third kappa shape index (κ3) is 3.78. The van der Waals surface area contributed by atoms with E-state index in [0.717, 1.165) is 5.69 Å². The van der Waals surface area contributed by atoms with Crippen molar-refractivity contribution in [1.29, 1.82) is 0 Å². The van der Waals surface area contributed by atoms with Gasteiger partial charge in [0.25, 0.3) is 0 Å². The van der Waals surface area contributed by atoms with E-state index in [2.05, 4.69) is 5.32 Å². The predicted molar refractivity (Wildman–Crippen MR) is 75.4 cm³/mol. The van der Waals surface area contributed by atoms with Crippen molar-refractivity contribution in [2.75, 3.05) is 18.4 Å². The number of carbonyl (C=O) groups is 2. The molecule has 1 aliphatic rings. The first-order valence-electron chi connectivity index (χ1n) is 6.38. The number of Topliss-reactive ketones (excluding diaryl/α,β-unsaturated/α-hetero) is 1. The summed E-state index contributed by atoms with van der Waals surface area (Å²) in [6.07, 6.45) is 1.08. The van der Waals surface area contributed by atoms with Crippen LogP contribution in [-0.4, -0.2) is 35.7 Å². The molecule has 1 aliphatic heterocycles. The second-order valence-electron chi connectivity index (χ2n) is 4.75. The number of hydrogen-bond donors (Lipinski definition) is 1. The first-order valence-corrected chi connectivity index (χ1v) is 6.76. The first-order chi connectivity index (χ1) is 9.06. The van der Waals surface area contributed by atoms with Gasteiger partial charge >= 0.3 is 0 Å². The molecule has 1 N–H and O–H groups in total. The Hall–Kier alpha value is -1.39. The van der Waals surface area contributed by atoms with Gasteiger partial charge in [0.15, 0.2) is 0 Å². The van der Waals surface area contributed by atoms with E-state index < -0.39 is 0 Å². The number of benzene rings is 1. The Bertz CT molecular complexity index is 463. The molecule has 0 bridgehead atoms. The Morgan fingerprint density at radius 3 is 2.42 bits per heavy atom. The Balaban J connectivity index is 1.92. The van der Waals surface area contributed by atoms with Crippen molar-refractivity contribution in [3.8, 4) is 0 Å². The van der Waals surface area contributed by atoms with Gasteiger partial charge < -0.3 is 5.32 Å². The highest BCUT2D eigenvalue weighted by Crippen LogP contribution is 2.15. The second kappa shape index (κ2) is 6.17. The Kier molecular flexibility index (Phi) is 4.56. The van der Waals surface area contributed by atoms with Crippen molar-refractivity contribution < 1.29 is 9.59 Å². The molecule has 1 aromatic rings. The van der Waals surface area contributed by atoms with Gasteiger partial charge in [-0.05, 0) is 31.2 Å². The van der Waals surface area contributed by atoms with Gasteiger partial charge in [0, 0.05) is 36.6 Å². The molecule has 0 saturated carbocycles. The predicted octanol–water partition coefficient (Wildman–Crippen LogP) is 2.33. The molecule has 1 aromatic carbocycles. The number of amides is 1. The zero-order valence-corrected chi connectivity index (χ0v) is 11.6. The van der Waals surface area contributed by atoms with Crippen LogP contribution in [0.1, 0.15) is 19.8 Å². The van der Waals surface area contributed by atoms with Crippen molar-refractivity contribution in [2.24, 2.45) is 0 Å². The Morgan fingerprint density at radius 1 is 1.26 bits per heavy atom. The summed E-state index contributed by atoms with van der Waals surface area (Å²) < 4.78 is 0. The lowest BCUT2D eigenvalue weighted by atomic mass is 10.1. The number of piperidine rings is 1. The van der Waals surface area contributed by atoms with Crippen LogP contribution in [0.4, 0.5) is 5.69 Å². The fourth-order valence-electron chi connectivity index (χ4n) is 2.11. The minimum atomic E-state index is -0.233. The van der Waals surface area contributed by atoms with Crippen molar-refractivity contribution in [2.45, 2.75) is 25.8 Å². The largest absolute Gasteiger partial charge is 0.325 e. The molecule has 0 radical (unpaired) electrons. The number of ketones is 1. The van der Waals surface area contributed by atoms with Crippen LogP contribution in [0, 0.1) is 0 Å². The lowest BCUT2D eigenvalue weighted by Crippen LogP contribution is -2.46. The fraction of sp³-hybridized carbons (Fsp3) is 0.429. The summed E-state index contributed by atoms with van der Waals surface area (Å²) in [6.45, 7) is 3.18. The SMILES string of the molecule is CC(C(=O)Nc1ccc(Cl)cc1)N1CCC(=O)CC1. The van der Waals surface area contributed by atoms with Gasteiger partial charge in [-0.15, -0.1) is 0 Å². The lowest BCUT2D eigenvalue weighted by Gasteiger charge is -2.30. The van der Waals surface area contributed by atoms with Gasteiger partial charge in [0.05, 0.1) is 6.04 Å². The second-order valence-corrected chi connectivity index (χ2v) is 5.18. The van der Waals surface area contributed by atoms with Gasteiger partial charge in [-0.1, -0.05) is 11.6 Å². The Labute approximate surface area is 117 Å². The number of nitrogens with zero attached hydrogens (tertiary/aromatic N) is 1. The summed E-state index contributed by atoms with van der Waals surface area (Å²) in [7, 11) is 0. The summed E-state index contributed by atoms with van der Waals surface area (Å²) >= 11 is 5.79. The third-order valence-corrected chi connectivity index (χ3v) is 3.65. The van der Waals surface area contributed by atoms with Crippen molar-refractivity contribution in [3.63, 3.8) is 0 Å². The van der Waals surface area contributed by atoms with Gasteiger partial charge in [-0.3, -0.25) is 14.5 Å². The van der Waals surface area contributed by atoms with Gasteiger partial charge in [0.1, 0.15) is 5.78 Å². The quantitative estimate of drug-likeness (QED) is 0.924. The smallest absolute Gasteiger partial charge is 0.241 e. The monoisotopic (exact) mass is 280 g/mol. The Morgan fingerprint density at radius 2 is 1.84 bits per heavy atom. The number of carbonyl (C=O) groups excluding carboxylic acids is 2. The number of hydrogen-bond acceptors (Lipinski definition) is 3. The van der Waals surface area contributed by atoms with E-state index in [4.69, 9.17) is 11.6 Å². The molecule has 102 valence electrons. The van der Waals surface area contributed by atoms with E-state index in [0.29, 0.717) is 31.0 Å². The molecule has 2 rings (SSSR count). The molecule has 5 heteroatoms. The molecule has 0 aliphatic carbocycles. The molecule has 19 heavy (non-hydrogen) atoms. The summed E-state index contributed by atoms with van der Waals surface area (Å²) in [4.78, 5) is 25.3. The molecule has 0 aromatic heterocycles. The van der Waals surface area contributed by atoms with Gasteiger partial charge in [0.2, 0.25) is 5.91 Å². The zero-order chi connectivity index (χ0) is 13.8. The average Bonchev–Trinajstić information content (AvgIpc) is 2.41. The van der Waals surface area contributed by atoms with Crippen LogP contribution in [0.5, 0.6) is 0 Å². The van der Waals surface area contributed by atoms with Crippen LogP contribution in [0.25, 0.3) is 0 Å². The highest BCUT2D eigenvalue weighted by Gasteiger charge is 2.25. The number of nitrogens with one attached hydrogen (secondary N) is 1. The maximum atomic E-state index is 12.1.